The van der Waals surface area contributed by atoms with Crippen LogP contribution in [0.4, 0.5) is 0 Å². The fourth-order valence-corrected chi connectivity index (χ4v) is 2.31. The SMILES string of the molecule is CC.CC.CCOCCCNNC(CC)(CC)C(C)(C)C. The lowest BCUT2D eigenvalue weighted by Gasteiger charge is -2.45. The number of hydrazine groups is 1. The molecule has 21 heavy (non-hydrogen) atoms. The summed E-state index contributed by atoms with van der Waals surface area (Å²) in [5, 5.41) is 0. The minimum absolute atomic E-state index is 0.165. The molecular weight excluding hydrogens is 260 g/mol. The van der Waals surface area contributed by atoms with Crippen LogP contribution in [0.5, 0.6) is 0 Å². The van der Waals surface area contributed by atoms with Gasteiger partial charge in [0, 0.05) is 25.3 Å². The van der Waals surface area contributed by atoms with Gasteiger partial charge in [-0.3, -0.25) is 10.9 Å². The number of hydrogen-bond acceptors (Lipinski definition) is 3. The van der Waals surface area contributed by atoms with E-state index < -0.39 is 0 Å². The highest BCUT2D eigenvalue weighted by Gasteiger charge is 2.38. The normalized spacial score (nSPS) is 11.1. The minimum Gasteiger partial charge on any atom is -0.382 e. The van der Waals surface area contributed by atoms with Gasteiger partial charge in [0.05, 0.1) is 0 Å². The topological polar surface area (TPSA) is 33.3 Å². The third-order valence-electron chi connectivity index (χ3n) is 3.77. The molecule has 0 aromatic heterocycles. The Bertz CT molecular complexity index is 184. The first-order valence-corrected chi connectivity index (χ1v) is 9.01. The highest BCUT2D eigenvalue weighted by atomic mass is 16.5. The molecule has 0 spiro atoms. The molecule has 0 aliphatic heterocycles. The van der Waals surface area contributed by atoms with Gasteiger partial charge in [-0.25, -0.2) is 0 Å². The van der Waals surface area contributed by atoms with Gasteiger partial charge in [-0.2, -0.15) is 0 Å². The van der Waals surface area contributed by atoms with Crippen LogP contribution >= 0.6 is 0 Å². The van der Waals surface area contributed by atoms with E-state index in [4.69, 9.17) is 4.74 Å². The summed E-state index contributed by atoms with van der Waals surface area (Å²) < 4.78 is 5.32. The summed E-state index contributed by atoms with van der Waals surface area (Å²) in [7, 11) is 0. The fraction of sp³-hybridized carbons (Fsp3) is 1.00. The Hall–Kier alpha value is -0.120. The van der Waals surface area contributed by atoms with Gasteiger partial charge in [-0.15, -0.1) is 0 Å². The highest BCUT2D eigenvalue weighted by Crippen LogP contribution is 2.35. The Kier molecular flexibility index (Phi) is 20.0. The van der Waals surface area contributed by atoms with Gasteiger partial charge in [0.1, 0.15) is 0 Å². The van der Waals surface area contributed by atoms with Crippen molar-refractivity contribution in [2.75, 3.05) is 19.8 Å². The van der Waals surface area contributed by atoms with Crippen molar-refractivity contribution in [2.24, 2.45) is 5.41 Å². The number of nitrogens with one attached hydrogen (secondary N) is 2. The van der Waals surface area contributed by atoms with E-state index in [-0.39, 0.29) is 11.0 Å². The first-order valence-electron chi connectivity index (χ1n) is 9.01. The molecule has 3 heteroatoms. The van der Waals surface area contributed by atoms with Crippen LogP contribution in [-0.2, 0) is 4.74 Å². The third-order valence-corrected chi connectivity index (χ3v) is 3.77. The smallest absolute Gasteiger partial charge is 0.0478 e. The lowest BCUT2D eigenvalue weighted by atomic mass is 9.70. The average molecular weight is 305 g/mol. The molecule has 0 aromatic carbocycles. The van der Waals surface area contributed by atoms with E-state index in [1.165, 1.54) is 0 Å². The molecular formula is C18H44N2O. The lowest BCUT2D eigenvalue weighted by Crippen LogP contribution is -2.59. The van der Waals surface area contributed by atoms with Crippen molar-refractivity contribution in [3.05, 3.63) is 0 Å². The van der Waals surface area contributed by atoms with Crippen LogP contribution in [0.3, 0.4) is 0 Å². The van der Waals surface area contributed by atoms with Gasteiger partial charge in [-0.1, -0.05) is 62.3 Å². The van der Waals surface area contributed by atoms with Gasteiger partial charge in [0.15, 0.2) is 0 Å². The standard InChI is InChI=1S/C14H32N2O.2C2H6/c1-7-14(8-2,13(4,5)6)16-15-11-10-12-17-9-3;2*1-2/h15-16H,7-12H2,1-6H3;2*1-2H3. The molecule has 0 heterocycles. The molecule has 0 aliphatic rings. The van der Waals surface area contributed by atoms with E-state index in [1.54, 1.807) is 0 Å². The van der Waals surface area contributed by atoms with Gasteiger partial charge in [0.2, 0.25) is 0 Å². The predicted octanol–water partition coefficient (Wildman–Crippen LogP) is 5.16. The second kappa shape index (κ2) is 16.3. The zero-order valence-corrected chi connectivity index (χ0v) is 16.7. The van der Waals surface area contributed by atoms with E-state index in [1.807, 2.05) is 34.6 Å². The molecule has 0 bridgehead atoms. The molecule has 2 N–H and O–H groups in total. The van der Waals surface area contributed by atoms with Crippen molar-refractivity contribution >= 4 is 0 Å². The van der Waals surface area contributed by atoms with Gasteiger partial charge in [0.25, 0.3) is 0 Å². The molecule has 0 saturated heterocycles. The monoisotopic (exact) mass is 304 g/mol. The largest absolute Gasteiger partial charge is 0.382 e. The first kappa shape index (κ1) is 25.8. The molecule has 0 fully saturated rings. The Labute approximate surface area is 135 Å². The third kappa shape index (κ3) is 11.1. The lowest BCUT2D eigenvalue weighted by molar-refractivity contribution is 0.0998. The second-order valence-electron chi connectivity index (χ2n) is 5.64. The summed E-state index contributed by atoms with van der Waals surface area (Å²) >= 11 is 0. The summed E-state index contributed by atoms with van der Waals surface area (Å²) in [6.45, 7) is 24.0. The van der Waals surface area contributed by atoms with E-state index in [0.29, 0.717) is 0 Å². The minimum atomic E-state index is 0.165. The van der Waals surface area contributed by atoms with Gasteiger partial charge < -0.3 is 4.74 Å². The zero-order valence-electron chi connectivity index (χ0n) is 16.7. The van der Waals surface area contributed by atoms with E-state index in [2.05, 4.69) is 45.5 Å². The van der Waals surface area contributed by atoms with Crippen LogP contribution in [-0.4, -0.2) is 25.3 Å². The zero-order chi connectivity index (χ0) is 17.4. The van der Waals surface area contributed by atoms with Gasteiger partial charge in [-0.05, 0) is 31.6 Å². The highest BCUT2D eigenvalue weighted by molar-refractivity contribution is 4.94. The maximum absolute atomic E-state index is 5.32. The van der Waals surface area contributed by atoms with Crippen LogP contribution in [0.1, 0.15) is 88.5 Å². The van der Waals surface area contributed by atoms with Gasteiger partial charge >= 0.3 is 0 Å². The summed E-state index contributed by atoms with van der Waals surface area (Å²) in [5.74, 6) is 0. The van der Waals surface area contributed by atoms with Crippen LogP contribution in [0.15, 0.2) is 0 Å². The number of rotatable bonds is 9. The molecule has 3 nitrogen and oxygen atoms in total. The Morgan fingerprint density at radius 3 is 1.67 bits per heavy atom. The van der Waals surface area contributed by atoms with Crippen molar-refractivity contribution in [1.82, 2.24) is 10.9 Å². The Morgan fingerprint density at radius 2 is 1.33 bits per heavy atom. The molecule has 0 radical (unpaired) electrons. The molecule has 0 rings (SSSR count). The summed E-state index contributed by atoms with van der Waals surface area (Å²) in [6, 6.07) is 0. The van der Waals surface area contributed by atoms with Crippen molar-refractivity contribution in [2.45, 2.75) is 94.0 Å². The molecule has 0 saturated carbocycles. The Morgan fingerprint density at radius 1 is 0.857 bits per heavy atom. The van der Waals surface area contributed by atoms with Crippen LogP contribution in [0.25, 0.3) is 0 Å². The van der Waals surface area contributed by atoms with Crippen molar-refractivity contribution in [1.29, 1.82) is 0 Å². The van der Waals surface area contributed by atoms with Crippen LogP contribution < -0.4 is 10.9 Å². The maximum atomic E-state index is 5.32. The first-order chi connectivity index (χ1) is 9.93. The Balaban J connectivity index is -0.000000739. The molecule has 0 atom stereocenters. The van der Waals surface area contributed by atoms with E-state index in [9.17, 15) is 0 Å². The number of hydrogen-bond donors (Lipinski definition) is 2. The quantitative estimate of drug-likeness (QED) is 0.456. The van der Waals surface area contributed by atoms with Crippen molar-refractivity contribution in [3.8, 4) is 0 Å². The molecule has 0 aromatic rings. The molecule has 0 unspecified atom stereocenters. The molecule has 132 valence electrons. The number of ether oxygens (including phenoxy) is 1. The molecule has 0 aliphatic carbocycles. The summed E-state index contributed by atoms with van der Waals surface area (Å²) in [6.07, 6.45) is 3.31. The van der Waals surface area contributed by atoms with E-state index >= 15 is 0 Å². The summed E-state index contributed by atoms with van der Waals surface area (Å²) in [4.78, 5) is 0. The maximum Gasteiger partial charge on any atom is 0.0478 e. The van der Waals surface area contributed by atoms with Crippen molar-refractivity contribution < 1.29 is 4.74 Å². The van der Waals surface area contributed by atoms with Crippen LogP contribution in [0.2, 0.25) is 0 Å². The summed E-state index contributed by atoms with van der Waals surface area (Å²) in [5.41, 5.74) is 7.33. The van der Waals surface area contributed by atoms with Crippen molar-refractivity contribution in [3.63, 3.8) is 0 Å². The predicted molar refractivity (Wildman–Crippen MR) is 97.7 cm³/mol. The molecule has 0 amide bonds. The average Bonchev–Trinajstić information content (AvgIpc) is 2.50. The fourth-order valence-electron chi connectivity index (χ4n) is 2.31. The van der Waals surface area contributed by atoms with Crippen LogP contribution in [0, 0.1) is 5.41 Å². The second-order valence-corrected chi connectivity index (χ2v) is 5.64. The van der Waals surface area contributed by atoms with E-state index in [0.717, 1.165) is 39.0 Å².